The summed E-state index contributed by atoms with van der Waals surface area (Å²) in [7, 11) is -7.45. The van der Waals surface area contributed by atoms with Crippen molar-refractivity contribution in [2.24, 2.45) is 0 Å². The molecule has 0 aromatic heterocycles. The Morgan fingerprint density at radius 2 is 1.46 bits per heavy atom. The van der Waals surface area contributed by atoms with Crippen molar-refractivity contribution in [3.63, 3.8) is 0 Å². The summed E-state index contributed by atoms with van der Waals surface area (Å²) in [4.78, 5) is 12.3. The van der Waals surface area contributed by atoms with Gasteiger partial charge in [-0.1, -0.05) is 11.6 Å². The van der Waals surface area contributed by atoms with Gasteiger partial charge in [-0.3, -0.25) is 13.8 Å². The van der Waals surface area contributed by atoms with Gasteiger partial charge >= 0.3 is 0 Å². The third kappa shape index (κ3) is 7.67. The zero-order chi connectivity index (χ0) is 25.6. The highest BCUT2D eigenvalue weighted by molar-refractivity contribution is 7.92. The third-order valence-corrected chi connectivity index (χ3v) is 7.67. The second-order valence-electron chi connectivity index (χ2n) is 7.60. The minimum atomic E-state index is -3.89. The predicted molar refractivity (Wildman–Crippen MR) is 135 cm³/mol. The highest BCUT2D eigenvalue weighted by Gasteiger charge is 2.18. The van der Waals surface area contributed by atoms with Gasteiger partial charge in [0.15, 0.2) is 0 Å². The molecule has 3 aromatic carbocycles. The van der Waals surface area contributed by atoms with Gasteiger partial charge in [0.1, 0.15) is 5.82 Å². The maximum absolute atomic E-state index is 13.0. The van der Waals surface area contributed by atoms with E-state index in [1.165, 1.54) is 40.7 Å². The molecule has 186 valence electrons. The Labute approximate surface area is 208 Å². The number of benzene rings is 3. The number of anilines is 3. The molecule has 12 heteroatoms. The smallest absolute Gasteiger partial charge is 0.261 e. The molecule has 3 rings (SSSR count). The van der Waals surface area contributed by atoms with E-state index in [1.807, 2.05) is 0 Å². The van der Waals surface area contributed by atoms with Crippen molar-refractivity contribution < 1.29 is 26.0 Å². The lowest BCUT2D eigenvalue weighted by molar-refractivity contribution is -0.116. The molecule has 2 N–H and O–H groups in total. The van der Waals surface area contributed by atoms with Crippen molar-refractivity contribution >= 4 is 54.6 Å². The van der Waals surface area contributed by atoms with Crippen molar-refractivity contribution in [2.45, 2.75) is 17.7 Å². The van der Waals surface area contributed by atoms with Crippen LogP contribution in [0.2, 0.25) is 5.02 Å². The highest BCUT2D eigenvalue weighted by atomic mass is 35.5. The van der Waals surface area contributed by atoms with Gasteiger partial charge in [0.05, 0.1) is 16.8 Å². The number of rotatable bonds is 10. The second-order valence-corrected chi connectivity index (χ2v) is 11.6. The number of amides is 1. The van der Waals surface area contributed by atoms with Crippen LogP contribution in [-0.4, -0.2) is 35.5 Å². The fourth-order valence-electron chi connectivity index (χ4n) is 3.15. The van der Waals surface area contributed by atoms with Crippen LogP contribution < -0.4 is 14.3 Å². The Hall–Kier alpha value is -3.15. The van der Waals surface area contributed by atoms with Gasteiger partial charge in [-0.05, 0) is 79.2 Å². The van der Waals surface area contributed by atoms with Crippen molar-refractivity contribution in [3.8, 4) is 0 Å². The third-order valence-electron chi connectivity index (χ3n) is 4.82. The lowest BCUT2D eigenvalue weighted by Crippen LogP contribution is -2.31. The van der Waals surface area contributed by atoms with Crippen molar-refractivity contribution in [1.82, 2.24) is 0 Å². The highest BCUT2D eigenvalue weighted by Crippen LogP contribution is 2.22. The molecule has 35 heavy (non-hydrogen) atoms. The maximum Gasteiger partial charge on any atom is 0.261 e. The normalized spacial score (nSPS) is 11.6. The van der Waals surface area contributed by atoms with E-state index in [0.29, 0.717) is 16.4 Å². The van der Waals surface area contributed by atoms with Gasteiger partial charge in [0, 0.05) is 29.4 Å². The number of nitrogens with one attached hydrogen (secondary N) is 2. The molecule has 0 unspecified atom stereocenters. The number of carbonyl (C=O) groups excluding carboxylic acids is 1. The Kier molecular flexibility index (Phi) is 8.36. The zero-order valence-electron chi connectivity index (χ0n) is 18.6. The number of nitrogens with zero attached hydrogens (tertiary/aromatic N) is 1. The average Bonchev–Trinajstić information content (AvgIpc) is 2.78. The molecule has 0 fully saturated rings. The van der Waals surface area contributed by atoms with Crippen LogP contribution in [0.1, 0.15) is 12.8 Å². The van der Waals surface area contributed by atoms with Gasteiger partial charge in [-0.15, -0.1) is 0 Å². The molecule has 0 saturated heterocycles. The lowest BCUT2D eigenvalue weighted by atomic mass is 10.2. The summed E-state index contributed by atoms with van der Waals surface area (Å²) in [5.74, 6) is -0.836. The first kappa shape index (κ1) is 26.5. The Bertz CT molecular complexity index is 1380. The molecule has 0 aliphatic carbocycles. The van der Waals surface area contributed by atoms with E-state index < -0.39 is 25.9 Å². The maximum atomic E-state index is 13.0. The van der Waals surface area contributed by atoms with E-state index in [4.69, 9.17) is 11.6 Å². The number of hydrogen-bond donors (Lipinski definition) is 2. The van der Waals surface area contributed by atoms with Crippen LogP contribution in [0, 0.1) is 5.82 Å². The number of halogens is 2. The van der Waals surface area contributed by atoms with E-state index in [1.54, 1.807) is 24.3 Å². The first-order chi connectivity index (χ1) is 16.4. The van der Waals surface area contributed by atoms with Crippen molar-refractivity contribution in [2.75, 3.05) is 27.1 Å². The monoisotopic (exact) mass is 539 g/mol. The Morgan fingerprint density at radius 1 is 0.886 bits per heavy atom. The summed E-state index contributed by atoms with van der Waals surface area (Å²) in [5.41, 5.74) is 1.04. The predicted octanol–water partition coefficient (Wildman–Crippen LogP) is 4.46. The molecular formula is C23H23ClFN3O5S2. The summed E-state index contributed by atoms with van der Waals surface area (Å²) >= 11 is 5.86. The van der Waals surface area contributed by atoms with Crippen molar-refractivity contribution in [1.29, 1.82) is 0 Å². The summed E-state index contributed by atoms with van der Waals surface area (Å²) in [6, 6.07) is 16.8. The molecule has 0 atom stereocenters. The molecule has 0 aliphatic rings. The Balaban J connectivity index is 1.56. The van der Waals surface area contributed by atoms with E-state index in [2.05, 4.69) is 10.0 Å². The molecule has 0 saturated carbocycles. The summed E-state index contributed by atoms with van der Waals surface area (Å²) in [6.45, 7) is 0.0973. The van der Waals surface area contributed by atoms with Crippen LogP contribution in [0.4, 0.5) is 21.5 Å². The van der Waals surface area contributed by atoms with E-state index >= 15 is 0 Å². The molecule has 0 radical (unpaired) electrons. The van der Waals surface area contributed by atoms with Gasteiger partial charge in [0.25, 0.3) is 10.0 Å². The number of sulfonamides is 2. The molecular weight excluding hydrogens is 517 g/mol. The first-order valence-electron chi connectivity index (χ1n) is 10.4. The van der Waals surface area contributed by atoms with E-state index in [0.717, 1.165) is 18.4 Å². The van der Waals surface area contributed by atoms with Crippen LogP contribution in [0.5, 0.6) is 0 Å². The molecule has 8 nitrogen and oxygen atoms in total. The van der Waals surface area contributed by atoms with Gasteiger partial charge < -0.3 is 5.32 Å². The molecule has 0 heterocycles. The fourth-order valence-corrected chi connectivity index (χ4v) is 5.30. The van der Waals surface area contributed by atoms with Crippen LogP contribution in [0.25, 0.3) is 0 Å². The molecule has 3 aromatic rings. The first-order valence-corrected chi connectivity index (χ1v) is 14.1. The lowest BCUT2D eigenvalue weighted by Gasteiger charge is -2.22. The van der Waals surface area contributed by atoms with Crippen LogP contribution >= 0.6 is 11.6 Å². The summed E-state index contributed by atoms with van der Waals surface area (Å²) in [5, 5.41) is 3.13. The Morgan fingerprint density at radius 3 is 2.03 bits per heavy atom. The quantitative estimate of drug-likeness (QED) is 0.395. The SMILES string of the molecule is CS(=O)(=O)N(CCCC(=O)Nc1ccc(S(=O)(=O)Nc2ccc(F)cc2)cc1)c1ccc(Cl)cc1. The van der Waals surface area contributed by atoms with Crippen LogP contribution in [0.3, 0.4) is 0 Å². The fraction of sp³-hybridized carbons (Fsp3) is 0.174. The topological polar surface area (TPSA) is 113 Å². The molecule has 0 bridgehead atoms. The number of hydrogen-bond acceptors (Lipinski definition) is 5. The average molecular weight is 540 g/mol. The zero-order valence-corrected chi connectivity index (χ0v) is 21.0. The minimum absolute atomic E-state index is 0.0356. The van der Waals surface area contributed by atoms with Gasteiger partial charge in [-0.2, -0.15) is 0 Å². The van der Waals surface area contributed by atoms with E-state index in [-0.39, 0.29) is 35.9 Å². The van der Waals surface area contributed by atoms with Crippen molar-refractivity contribution in [3.05, 3.63) is 83.6 Å². The largest absolute Gasteiger partial charge is 0.326 e. The van der Waals surface area contributed by atoms with Crippen LogP contribution in [0.15, 0.2) is 77.7 Å². The van der Waals surface area contributed by atoms with Gasteiger partial charge in [0.2, 0.25) is 15.9 Å². The second kappa shape index (κ2) is 11.1. The molecule has 1 amide bonds. The van der Waals surface area contributed by atoms with Gasteiger partial charge in [-0.25, -0.2) is 21.2 Å². The molecule has 0 aliphatic heterocycles. The van der Waals surface area contributed by atoms with E-state index in [9.17, 15) is 26.0 Å². The minimum Gasteiger partial charge on any atom is -0.326 e. The van der Waals surface area contributed by atoms with Crippen LogP contribution in [-0.2, 0) is 24.8 Å². The molecule has 0 spiro atoms. The standard InChI is InChI=1S/C23H23ClFN3O5S2/c1-34(30,31)28(21-12-4-17(24)5-13-21)16-2-3-23(29)26-19-10-14-22(15-11-19)35(32,33)27-20-8-6-18(25)7-9-20/h4-15,27H,2-3,16H2,1H3,(H,26,29). The number of carbonyl (C=O) groups is 1. The summed E-state index contributed by atoms with van der Waals surface area (Å²) < 4.78 is 65.8. The summed E-state index contributed by atoms with van der Waals surface area (Å²) in [6.07, 6.45) is 1.39.